The molecule has 0 fully saturated rings. The number of hydrogen-bond acceptors (Lipinski definition) is 3. The summed E-state index contributed by atoms with van der Waals surface area (Å²) in [6.45, 7) is 4.42. The molecule has 0 heterocycles. The lowest BCUT2D eigenvalue weighted by Crippen LogP contribution is -2.37. The van der Waals surface area contributed by atoms with E-state index in [2.05, 4.69) is 13.8 Å². The average Bonchev–Trinajstić information content (AvgIpc) is 2.69. The number of nitrogens with two attached hydrogens (primary N) is 1. The summed E-state index contributed by atoms with van der Waals surface area (Å²) in [5, 5.41) is 0. The van der Waals surface area contributed by atoms with Crippen molar-refractivity contribution in [2.45, 2.75) is 110 Å². The van der Waals surface area contributed by atoms with Crippen molar-refractivity contribution in [1.29, 1.82) is 0 Å². The van der Waals surface area contributed by atoms with Gasteiger partial charge < -0.3 is 4.74 Å². The molecule has 1 rings (SSSR count). The average molecular weight is 376 g/mol. The lowest BCUT2D eigenvalue weighted by Gasteiger charge is -2.21. The minimum absolute atomic E-state index is 0.0895. The first kappa shape index (κ1) is 23.8. The van der Waals surface area contributed by atoms with Crippen LogP contribution in [-0.4, -0.2) is 18.1 Å². The fourth-order valence-electron chi connectivity index (χ4n) is 3.50. The zero-order valence-corrected chi connectivity index (χ0v) is 17.6. The summed E-state index contributed by atoms with van der Waals surface area (Å²) < 4.78 is 5.92. The van der Waals surface area contributed by atoms with E-state index < -0.39 is 6.23 Å². The Bertz CT molecular complexity index is 475. The van der Waals surface area contributed by atoms with Gasteiger partial charge in [-0.1, -0.05) is 115 Å². The second kappa shape index (κ2) is 15.8. The van der Waals surface area contributed by atoms with Crippen molar-refractivity contribution in [1.82, 2.24) is 0 Å². The van der Waals surface area contributed by atoms with Gasteiger partial charge in [0, 0.05) is 5.56 Å². The zero-order valence-electron chi connectivity index (χ0n) is 17.6. The number of carbonyl (C=O) groups excluding carboxylic acids is 1. The maximum atomic E-state index is 12.4. The third kappa shape index (κ3) is 11.3. The maximum absolute atomic E-state index is 12.4. The van der Waals surface area contributed by atoms with E-state index in [1.54, 1.807) is 12.1 Å². The van der Waals surface area contributed by atoms with Gasteiger partial charge in [0.05, 0.1) is 6.10 Å². The van der Waals surface area contributed by atoms with Crippen molar-refractivity contribution in [3.8, 4) is 0 Å². The van der Waals surface area contributed by atoms with Crippen molar-refractivity contribution < 1.29 is 9.53 Å². The lowest BCUT2D eigenvalue weighted by molar-refractivity contribution is -0.00908. The van der Waals surface area contributed by atoms with Gasteiger partial charge in [0.2, 0.25) is 5.78 Å². The highest BCUT2D eigenvalue weighted by Gasteiger charge is 2.20. The van der Waals surface area contributed by atoms with Crippen LogP contribution < -0.4 is 5.73 Å². The van der Waals surface area contributed by atoms with Gasteiger partial charge in [-0.25, -0.2) is 0 Å². The molecule has 2 atom stereocenters. The molecule has 0 bridgehead atoms. The van der Waals surface area contributed by atoms with Crippen LogP contribution >= 0.6 is 0 Å². The van der Waals surface area contributed by atoms with E-state index in [9.17, 15) is 4.79 Å². The predicted octanol–water partition coefficient (Wildman–Crippen LogP) is 6.65. The van der Waals surface area contributed by atoms with E-state index in [-0.39, 0.29) is 11.9 Å². The molecule has 1 aromatic carbocycles. The highest BCUT2D eigenvalue weighted by atomic mass is 16.5. The monoisotopic (exact) mass is 375 g/mol. The van der Waals surface area contributed by atoms with Crippen molar-refractivity contribution in [2.75, 3.05) is 0 Å². The molecule has 2 N–H and O–H groups in total. The Hall–Kier alpha value is -1.19. The molecule has 0 aliphatic heterocycles. The van der Waals surface area contributed by atoms with Crippen LogP contribution in [0.1, 0.15) is 108 Å². The van der Waals surface area contributed by atoms with Gasteiger partial charge in [0.1, 0.15) is 0 Å². The van der Waals surface area contributed by atoms with E-state index in [0.29, 0.717) is 5.56 Å². The molecule has 0 aromatic heterocycles. The van der Waals surface area contributed by atoms with Crippen molar-refractivity contribution in [2.24, 2.45) is 5.73 Å². The molecule has 3 nitrogen and oxygen atoms in total. The summed E-state index contributed by atoms with van der Waals surface area (Å²) in [7, 11) is 0. The van der Waals surface area contributed by atoms with Crippen LogP contribution in [0.4, 0.5) is 0 Å². The molecule has 0 spiro atoms. The summed E-state index contributed by atoms with van der Waals surface area (Å²) in [5.74, 6) is -0.125. The normalized spacial score (nSPS) is 13.4. The number of ether oxygens (including phenoxy) is 1. The Morgan fingerprint density at radius 2 is 1.37 bits per heavy atom. The smallest absolute Gasteiger partial charge is 0.206 e. The SMILES string of the molecule is CCCCCCCCCCCCC(CCC)OC(N)C(=O)c1ccccc1. The number of carbonyl (C=O) groups is 1. The van der Waals surface area contributed by atoms with Gasteiger partial charge >= 0.3 is 0 Å². The Balaban J connectivity index is 2.19. The highest BCUT2D eigenvalue weighted by molar-refractivity contribution is 5.99. The molecule has 0 aliphatic carbocycles. The summed E-state index contributed by atoms with van der Waals surface area (Å²) in [5.41, 5.74) is 6.65. The Labute approximate surface area is 167 Å². The fraction of sp³-hybridized carbons (Fsp3) is 0.708. The Morgan fingerprint density at radius 1 is 0.815 bits per heavy atom. The van der Waals surface area contributed by atoms with Crippen LogP contribution in [0.5, 0.6) is 0 Å². The third-order valence-corrected chi connectivity index (χ3v) is 5.15. The molecule has 0 amide bonds. The van der Waals surface area contributed by atoms with Crippen LogP contribution in [0.2, 0.25) is 0 Å². The van der Waals surface area contributed by atoms with Gasteiger partial charge in [-0.2, -0.15) is 0 Å². The van der Waals surface area contributed by atoms with Crippen LogP contribution in [0.15, 0.2) is 30.3 Å². The second-order valence-corrected chi connectivity index (χ2v) is 7.67. The van der Waals surface area contributed by atoms with E-state index in [4.69, 9.17) is 10.5 Å². The highest BCUT2D eigenvalue weighted by Crippen LogP contribution is 2.17. The topological polar surface area (TPSA) is 52.3 Å². The predicted molar refractivity (Wildman–Crippen MR) is 115 cm³/mol. The van der Waals surface area contributed by atoms with Crippen LogP contribution in [0.25, 0.3) is 0 Å². The summed E-state index contributed by atoms with van der Waals surface area (Å²) in [6, 6.07) is 9.19. The molecule has 3 heteroatoms. The van der Waals surface area contributed by atoms with Crippen LogP contribution in [0.3, 0.4) is 0 Å². The molecular weight excluding hydrogens is 334 g/mol. The van der Waals surface area contributed by atoms with Crippen molar-refractivity contribution >= 4 is 5.78 Å². The molecule has 0 saturated carbocycles. The van der Waals surface area contributed by atoms with Crippen LogP contribution in [0, 0.1) is 0 Å². The number of unbranched alkanes of at least 4 members (excludes halogenated alkanes) is 9. The zero-order chi connectivity index (χ0) is 19.7. The number of Topliss-reactive ketones (excluding diaryl/α,β-unsaturated/α-hetero) is 1. The fourth-order valence-corrected chi connectivity index (χ4v) is 3.50. The number of ketones is 1. The Morgan fingerprint density at radius 3 is 1.93 bits per heavy atom. The molecule has 0 saturated heterocycles. The van der Waals surface area contributed by atoms with Gasteiger partial charge in [0.15, 0.2) is 6.23 Å². The van der Waals surface area contributed by atoms with Gasteiger partial charge in [-0.05, 0) is 12.8 Å². The molecule has 1 aromatic rings. The largest absolute Gasteiger partial charge is 0.353 e. The number of rotatable bonds is 17. The van der Waals surface area contributed by atoms with E-state index in [1.165, 1.54) is 57.8 Å². The maximum Gasteiger partial charge on any atom is 0.206 e. The molecule has 0 aliphatic rings. The minimum atomic E-state index is -0.855. The lowest BCUT2D eigenvalue weighted by atomic mass is 10.0. The first-order valence-electron chi connectivity index (χ1n) is 11.2. The Kier molecular flexibility index (Phi) is 14.0. The van der Waals surface area contributed by atoms with E-state index in [1.807, 2.05) is 18.2 Å². The molecular formula is C24H41NO2. The molecule has 0 radical (unpaired) electrons. The summed E-state index contributed by atoms with van der Waals surface area (Å²) >= 11 is 0. The van der Waals surface area contributed by atoms with Crippen molar-refractivity contribution in [3.63, 3.8) is 0 Å². The van der Waals surface area contributed by atoms with Gasteiger partial charge in [0.25, 0.3) is 0 Å². The summed E-state index contributed by atoms with van der Waals surface area (Å²) in [4.78, 5) is 12.4. The number of benzene rings is 1. The summed E-state index contributed by atoms with van der Waals surface area (Å²) in [6.07, 6.45) is 15.6. The first-order valence-corrected chi connectivity index (χ1v) is 11.2. The van der Waals surface area contributed by atoms with E-state index >= 15 is 0 Å². The quantitative estimate of drug-likeness (QED) is 0.188. The number of hydrogen-bond donors (Lipinski definition) is 1. The third-order valence-electron chi connectivity index (χ3n) is 5.15. The molecule has 27 heavy (non-hydrogen) atoms. The van der Waals surface area contributed by atoms with Crippen LogP contribution in [-0.2, 0) is 4.74 Å². The minimum Gasteiger partial charge on any atom is -0.353 e. The van der Waals surface area contributed by atoms with Gasteiger partial charge in [-0.15, -0.1) is 0 Å². The van der Waals surface area contributed by atoms with Gasteiger partial charge in [-0.3, -0.25) is 10.5 Å². The standard InChI is InChI=1S/C24H41NO2/c1-3-5-6-7-8-9-10-11-12-16-20-22(17-4-2)27-24(25)23(26)21-18-14-13-15-19-21/h13-15,18-19,22,24H,3-12,16-17,20,25H2,1-2H3. The second-order valence-electron chi connectivity index (χ2n) is 7.67. The van der Waals surface area contributed by atoms with E-state index in [0.717, 1.165) is 25.7 Å². The molecule has 2 unspecified atom stereocenters. The van der Waals surface area contributed by atoms with Crippen molar-refractivity contribution in [3.05, 3.63) is 35.9 Å². The first-order chi connectivity index (χ1) is 13.2. The molecule has 154 valence electrons.